The fourth-order valence-electron chi connectivity index (χ4n) is 8.71. The van der Waals surface area contributed by atoms with Crippen LogP contribution in [0.4, 0.5) is 17.1 Å². The van der Waals surface area contributed by atoms with E-state index in [1.54, 1.807) is 0 Å². The van der Waals surface area contributed by atoms with Crippen LogP contribution in [-0.2, 0) is 0 Å². The summed E-state index contributed by atoms with van der Waals surface area (Å²) in [5, 5.41) is 10.5. The number of thiophene rings is 1. The van der Waals surface area contributed by atoms with E-state index in [1.807, 2.05) is 11.3 Å². The van der Waals surface area contributed by atoms with Gasteiger partial charge in [0.15, 0.2) is 0 Å². The molecule has 246 valence electrons. The molecule has 0 spiro atoms. The average Bonchev–Trinajstić information content (AvgIpc) is 3.83. The van der Waals surface area contributed by atoms with Crippen LogP contribution < -0.4 is 15.3 Å². The molecule has 0 N–H and O–H groups in total. The molecule has 0 radical (unpaired) electrons. The van der Waals surface area contributed by atoms with Gasteiger partial charge in [0.25, 0.3) is 0 Å². The van der Waals surface area contributed by atoms with E-state index in [1.165, 1.54) is 85.7 Å². The fraction of sp³-hybridized carbons (Fsp3) is 0.0417. The topological polar surface area (TPSA) is 16.4 Å². The van der Waals surface area contributed by atoms with Crippen LogP contribution in [-0.4, -0.2) is 8.07 Å². The lowest BCUT2D eigenvalue weighted by Crippen LogP contribution is -2.49. The Morgan fingerprint density at radius 2 is 1.23 bits per heavy atom. The second-order valence-electron chi connectivity index (χ2n) is 14.5. The van der Waals surface area contributed by atoms with E-state index < -0.39 is 8.07 Å². The predicted octanol–water partition coefficient (Wildman–Crippen LogP) is 13.0. The molecule has 52 heavy (non-hydrogen) atoms. The van der Waals surface area contributed by atoms with Gasteiger partial charge in [-0.3, -0.25) is 0 Å². The van der Waals surface area contributed by atoms with Gasteiger partial charge in [-0.05, 0) is 104 Å². The van der Waals surface area contributed by atoms with E-state index in [0.29, 0.717) is 0 Å². The van der Waals surface area contributed by atoms with E-state index >= 15 is 0 Å². The van der Waals surface area contributed by atoms with E-state index in [-0.39, 0.29) is 0 Å². The van der Waals surface area contributed by atoms with Crippen LogP contribution in [0.25, 0.3) is 75.1 Å². The molecule has 8 aromatic carbocycles. The van der Waals surface area contributed by atoms with E-state index in [2.05, 4.69) is 182 Å². The van der Waals surface area contributed by atoms with Crippen LogP contribution in [0.2, 0.25) is 13.1 Å². The Balaban J connectivity index is 1.12. The Morgan fingerprint density at radius 3 is 2.12 bits per heavy atom. The Kier molecular flexibility index (Phi) is 6.31. The number of para-hydroxylation sites is 1. The maximum atomic E-state index is 6.38. The molecule has 0 atom stereocenters. The van der Waals surface area contributed by atoms with Crippen molar-refractivity contribution >= 4 is 99.7 Å². The summed E-state index contributed by atoms with van der Waals surface area (Å²) >= 11 is 1.87. The summed E-state index contributed by atoms with van der Waals surface area (Å²) in [5.74, 6) is 0. The first-order chi connectivity index (χ1) is 25.5. The van der Waals surface area contributed by atoms with E-state index in [0.717, 1.165) is 16.9 Å². The third-order valence-electron chi connectivity index (χ3n) is 11.3. The minimum atomic E-state index is -2.06. The minimum absolute atomic E-state index is 0.949. The van der Waals surface area contributed by atoms with Crippen molar-refractivity contribution in [1.82, 2.24) is 0 Å². The van der Waals surface area contributed by atoms with Crippen molar-refractivity contribution in [2.24, 2.45) is 0 Å². The number of nitrogens with zero attached hydrogens (tertiary/aromatic N) is 1. The molecule has 0 saturated carbocycles. The van der Waals surface area contributed by atoms with Crippen molar-refractivity contribution in [3.05, 3.63) is 164 Å². The van der Waals surface area contributed by atoms with Crippen molar-refractivity contribution in [1.29, 1.82) is 0 Å². The lowest BCUT2D eigenvalue weighted by Gasteiger charge is -2.28. The van der Waals surface area contributed by atoms with Crippen LogP contribution in [0.15, 0.2) is 168 Å². The van der Waals surface area contributed by atoms with Crippen LogP contribution in [0, 0.1) is 0 Å². The zero-order valence-corrected chi connectivity index (χ0v) is 30.7. The number of benzene rings is 8. The van der Waals surface area contributed by atoms with Gasteiger partial charge in [0, 0.05) is 42.3 Å². The summed E-state index contributed by atoms with van der Waals surface area (Å²) in [6.45, 7) is 5.01. The third-order valence-corrected chi connectivity index (χ3v) is 15.9. The maximum Gasteiger partial charge on any atom is 0.136 e. The highest BCUT2D eigenvalue weighted by Crippen LogP contribution is 2.46. The highest BCUT2D eigenvalue weighted by molar-refractivity contribution is 7.26. The van der Waals surface area contributed by atoms with Gasteiger partial charge < -0.3 is 9.32 Å². The zero-order valence-electron chi connectivity index (χ0n) is 28.9. The molecular formula is C48H33NOSSi. The van der Waals surface area contributed by atoms with Crippen LogP contribution in [0.5, 0.6) is 0 Å². The van der Waals surface area contributed by atoms with Crippen LogP contribution in [0.1, 0.15) is 0 Å². The lowest BCUT2D eigenvalue weighted by molar-refractivity contribution is 0.669. The highest BCUT2D eigenvalue weighted by Gasteiger charge is 2.40. The molecule has 0 bridgehead atoms. The maximum absolute atomic E-state index is 6.38. The molecule has 0 unspecified atom stereocenters. The van der Waals surface area contributed by atoms with Crippen molar-refractivity contribution in [2.45, 2.75) is 13.1 Å². The van der Waals surface area contributed by atoms with Crippen LogP contribution in [0.3, 0.4) is 0 Å². The molecule has 2 aromatic heterocycles. The van der Waals surface area contributed by atoms with Gasteiger partial charge in [-0.15, -0.1) is 11.3 Å². The van der Waals surface area contributed by atoms with Gasteiger partial charge >= 0.3 is 0 Å². The highest BCUT2D eigenvalue weighted by atomic mass is 32.1. The SMILES string of the molecule is C[Si]1(C)c2cc(N(c3ccc(-c4ccc5ccccc5c4)cc3)c3cccc4sc5ccccc5c34)ccc2-c2c1ccc1oc3ccccc3c21. The monoisotopic (exact) mass is 699 g/mol. The minimum Gasteiger partial charge on any atom is -0.456 e. The number of rotatable bonds is 4. The Labute approximate surface area is 306 Å². The van der Waals surface area contributed by atoms with Gasteiger partial charge in [0.1, 0.15) is 19.2 Å². The average molecular weight is 700 g/mol. The van der Waals surface area contributed by atoms with Crippen molar-refractivity contribution < 1.29 is 4.42 Å². The third kappa shape index (κ3) is 4.29. The van der Waals surface area contributed by atoms with Crippen molar-refractivity contribution in [2.75, 3.05) is 4.90 Å². The molecule has 11 rings (SSSR count). The zero-order chi connectivity index (χ0) is 34.6. The molecule has 0 fully saturated rings. The Morgan fingerprint density at radius 1 is 0.500 bits per heavy atom. The first kappa shape index (κ1) is 29.8. The van der Waals surface area contributed by atoms with E-state index in [9.17, 15) is 0 Å². The smallest absolute Gasteiger partial charge is 0.136 e. The molecule has 0 saturated heterocycles. The lowest BCUT2D eigenvalue weighted by atomic mass is 9.98. The summed E-state index contributed by atoms with van der Waals surface area (Å²) in [6.07, 6.45) is 0. The van der Waals surface area contributed by atoms with Gasteiger partial charge in [-0.2, -0.15) is 0 Å². The van der Waals surface area contributed by atoms with Gasteiger partial charge in [-0.25, -0.2) is 0 Å². The molecule has 0 amide bonds. The summed E-state index contributed by atoms with van der Waals surface area (Å²) in [6, 6.07) is 60.3. The standard InChI is InChI=1S/C48H33NOSSi/c1-52(2)44-27-26-41-47(36-12-5-7-15-40(36)50-41)48(44)38-25-24-35(29-45(38)52)49(39-14-9-17-43-46(39)37-13-6-8-16-42(37)51-43)34-22-20-31(21-23-34)33-19-18-30-10-3-4-11-32(30)28-33/h3-29H,1-2H3. The Bertz CT molecular complexity index is 3060. The molecule has 4 heteroatoms. The Hall–Kier alpha value is -5.94. The second-order valence-corrected chi connectivity index (χ2v) is 19.9. The summed E-state index contributed by atoms with van der Waals surface area (Å²) in [4.78, 5) is 2.49. The predicted molar refractivity (Wildman–Crippen MR) is 226 cm³/mol. The summed E-state index contributed by atoms with van der Waals surface area (Å²) in [7, 11) is -2.06. The number of furan rings is 1. The molecule has 1 aliphatic rings. The van der Waals surface area contributed by atoms with Gasteiger partial charge in [-0.1, -0.05) is 116 Å². The summed E-state index contributed by atoms with van der Waals surface area (Å²) in [5.41, 5.74) is 10.6. The molecule has 2 nitrogen and oxygen atoms in total. The molecular weight excluding hydrogens is 667 g/mol. The molecule has 1 aliphatic heterocycles. The van der Waals surface area contributed by atoms with E-state index in [4.69, 9.17) is 4.42 Å². The second kappa shape index (κ2) is 11.0. The van der Waals surface area contributed by atoms with Gasteiger partial charge in [0.2, 0.25) is 0 Å². The normalized spacial score (nSPS) is 13.3. The van der Waals surface area contributed by atoms with Crippen molar-refractivity contribution in [3.8, 4) is 22.3 Å². The first-order valence-corrected chi connectivity index (χ1v) is 21.7. The largest absolute Gasteiger partial charge is 0.456 e. The first-order valence-electron chi connectivity index (χ1n) is 17.9. The molecule has 10 aromatic rings. The summed E-state index contributed by atoms with van der Waals surface area (Å²) < 4.78 is 8.99. The fourth-order valence-corrected chi connectivity index (χ4v) is 12.9. The molecule has 3 heterocycles. The van der Waals surface area contributed by atoms with Crippen LogP contribution >= 0.6 is 11.3 Å². The number of hydrogen-bond acceptors (Lipinski definition) is 3. The number of hydrogen-bond donors (Lipinski definition) is 0. The number of fused-ring (bicyclic) bond motifs is 11. The van der Waals surface area contributed by atoms with Crippen molar-refractivity contribution in [3.63, 3.8) is 0 Å². The number of anilines is 3. The quantitative estimate of drug-likeness (QED) is 0.170. The van der Waals surface area contributed by atoms with Gasteiger partial charge in [0.05, 0.1) is 5.69 Å². The molecule has 0 aliphatic carbocycles.